The van der Waals surface area contributed by atoms with Crippen molar-refractivity contribution in [1.29, 1.82) is 0 Å². The molecule has 0 bridgehead atoms. The predicted molar refractivity (Wildman–Crippen MR) is 111 cm³/mol. The van der Waals surface area contributed by atoms with E-state index in [1.165, 1.54) is 0 Å². The number of para-hydroxylation sites is 1. The highest BCUT2D eigenvalue weighted by Gasteiger charge is 2.23. The zero-order valence-electron chi connectivity index (χ0n) is 15.2. The van der Waals surface area contributed by atoms with Crippen LogP contribution in [0.25, 0.3) is 0 Å². The summed E-state index contributed by atoms with van der Waals surface area (Å²) in [5.41, 5.74) is 2.22. The van der Waals surface area contributed by atoms with Gasteiger partial charge >= 0.3 is 0 Å². The number of fused-ring (bicyclic) bond motifs is 1. The van der Waals surface area contributed by atoms with Gasteiger partial charge in [-0.15, -0.1) is 11.8 Å². The Morgan fingerprint density at radius 1 is 1.30 bits per heavy atom. The lowest BCUT2D eigenvalue weighted by atomic mass is 10.2. The second-order valence-corrected chi connectivity index (χ2v) is 8.42. The summed E-state index contributed by atoms with van der Waals surface area (Å²) in [4.78, 5) is 14.7. The quantitative estimate of drug-likeness (QED) is 0.214. The SMILES string of the molecule is CCSc1cc2c(cc1O/C=C(\F)C=O)SN(C)CCN2c1ccccc1. The minimum atomic E-state index is -0.937. The summed E-state index contributed by atoms with van der Waals surface area (Å²) < 4.78 is 20.9. The van der Waals surface area contributed by atoms with Crippen LogP contribution in [0.1, 0.15) is 6.92 Å². The van der Waals surface area contributed by atoms with Crippen molar-refractivity contribution in [1.82, 2.24) is 4.31 Å². The largest absolute Gasteiger partial charge is 0.461 e. The van der Waals surface area contributed by atoms with Crippen LogP contribution in [-0.2, 0) is 4.79 Å². The Balaban J connectivity index is 2.07. The van der Waals surface area contributed by atoms with Gasteiger partial charge < -0.3 is 9.64 Å². The number of carbonyl (C=O) groups excluding carboxylic acids is 1. The van der Waals surface area contributed by atoms with Crippen LogP contribution in [0.4, 0.5) is 15.8 Å². The molecule has 0 amide bonds. The molecule has 0 saturated carbocycles. The topological polar surface area (TPSA) is 32.8 Å². The first-order valence-corrected chi connectivity index (χ1v) is 10.4. The molecule has 2 aromatic carbocycles. The number of nitrogens with zero attached hydrogens (tertiary/aromatic N) is 2. The molecular formula is C20H21FN2O2S2. The molecule has 7 heteroatoms. The van der Waals surface area contributed by atoms with E-state index in [4.69, 9.17) is 4.74 Å². The first-order chi connectivity index (χ1) is 13.1. The van der Waals surface area contributed by atoms with Crippen molar-refractivity contribution in [3.05, 3.63) is 54.6 Å². The Morgan fingerprint density at radius 2 is 2.07 bits per heavy atom. The number of thioether (sulfide) groups is 1. The van der Waals surface area contributed by atoms with Crippen molar-refractivity contribution < 1.29 is 13.9 Å². The van der Waals surface area contributed by atoms with E-state index in [0.717, 1.165) is 46.3 Å². The van der Waals surface area contributed by atoms with Gasteiger partial charge in [0.2, 0.25) is 0 Å². The summed E-state index contributed by atoms with van der Waals surface area (Å²) in [6.07, 6.45) is 0.990. The molecule has 3 rings (SSSR count). The molecule has 1 heterocycles. The molecule has 0 N–H and O–H groups in total. The molecule has 0 aliphatic carbocycles. The van der Waals surface area contributed by atoms with Gasteiger partial charge in [0, 0.05) is 18.8 Å². The Labute approximate surface area is 167 Å². The van der Waals surface area contributed by atoms with Gasteiger partial charge in [0.05, 0.1) is 15.5 Å². The van der Waals surface area contributed by atoms with E-state index in [9.17, 15) is 9.18 Å². The standard InChI is InChI=1S/C20H21FN2O2S2/c1-3-26-20-11-17-19(12-18(20)25-14-15(21)13-24)27-22(2)9-10-23(17)16-7-5-4-6-8-16/h4-8,11-14H,3,9-10H2,1-2H3/b15-14-. The number of rotatable bonds is 6. The third-order valence-corrected chi connectivity index (χ3v) is 5.92. The third-order valence-electron chi connectivity index (χ3n) is 3.99. The van der Waals surface area contributed by atoms with Crippen LogP contribution in [-0.4, -0.2) is 36.5 Å². The maximum absolute atomic E-state index is 13.2. The highest BCUT2D eigenvalue weighted by Crippen LogP contribution is 2.44. The van der Waals surface area contributed by atoms with Crippen molar-refractivity contribution in [2.75, 3.05) is 30.8 Å². The molecule has 4 nitrogen and oxygen atoms in total. The molecule has 142 valence electrons. The van der Waals surface area contributed by atoms with E-state index in [1.807, 2.05) is 31.3 Å². The number of carbonyl (C=O) groups is 1. The normalized spacial score (nSPS) is 15.2. The molecule has 27 heavy (non-hydrogen) atoms. The molecule has 0 spiro atoms. The van der Waals surface area contributed by atoms with Crippen LogP contribution in [0.15, 0.2) is 64.3 Å². The lowest BCUT2D eigenvalue weighted by Gasteiger charge is -2.25. The fourth-order valence-electron chi connectivity index (χ4n) is 2.77. The number of hydrogen-bond donors (Lipinski definition) is 0. The van der Waals surface area contributed by atoms with Crippen LogP contribution in [0.3, 0.4) is 0 Å². The van der Waals surface area contributed by atoms with Crippen LogP contribution in [0.5, 0.6) is 5.75 Å². The van der Waals surface area contributed by atoms with E-state index in [2.05, 4.69) is 34.3 Å². The van der Waals surface area contributed by atoms with Gasteiger partial charge in [-0.1, -0.05) is 25.1 Å². The van der Waals surface area contributed by atoms with Gasteiger partial charge in [-0.25, -0.2) is 4.31 Å². The molecule has 0 saturated heterocycles. The lowest BCUT2D eigenvalue weighted by molar-refractivity contribution is -0.106. The summed E-state index contributed by atoms with van der Waals surface area (Å²) >= 11 is 3.25. The van der Waals surface area contributed by atoms with Crippen LogP contribution >= 0.6 is 23.7 Å². The molecule has 1 aliphatic heterocycles. The minimum Gasteiger partial charge on any atom is -0.461 e. The molecule has 0 atom stereocenters. The predicted octanol–water partition coefficient (Wildman–Crippen LogP) is 5.28. The molecule has 0 unspecified atom stereocenters. The number of benzene rings is 2. The van der Waals surface area contributed by atoms with Crippen LogP contribution < -0.4 is 9.64 Å². The highest BCUT2D eigenvalue weighted by atomic mass is 32.2. The maximum atomic E-state index is 13.2. The summed E-state index contributed by atoms with van der Waals surface area (Å²) in [6.45, 7) is 3.80. The molecule has 1 aliphatic rings. The van der Waals surface area contributed by atoms with Crippen molar-refractivity contribution in [3.8, 4) is 5.75 Å². The zero-order valence-corrected chi connectivity index (χ0v) is 16.9. The summed E-state index contributed by atoms with van der Waals surface area (Å²) in [7, 11) is 2.05. The molecule has 0 aromatic heterocycles. The van der Waals surface area contributed by atoms with Gasteiger partial charge in [0.15, 0.2) is 12.1 Å². The second kappa shape index (κ2) is 9.30. The third kappa shape index (κ3) is 4.86. The highest BCUT2D eigenvalue weighted by molar-refractivity contribution is 7.99. The average molecular weight is 405 g/mol. The monoisotopic (exact) mass is 404 g/mol. The average Bonchev–Trinajstić information content (AvgIpc) is 2.84. The fourth-order valence-corrected chi connectivity index (χ4v) is 4.46. The lowest BCUT2D eigenvalue weighted by Crippen LogP contribution is -2.24. The van der Waals surface area contributed by atoms with Gasteiger partial charge in [0.1, 0.15) is 12.0 Å². The number of likely N-dealkylation sites (N-methyl/N-ethyl adjacent to an activating group) is 1. The Morgan fingerprint density at radius 3 is 2.78 bits per heavy atom. The molecule has 0 fully saturated rings. The molecule has 0 radical (unpaired) electrons. The van der Waals surface area contributed by atoms with Crippen LogP contribution in [0.2, 0.25) is 0 Å². The second-order valence-electron chi connectivity index (χ2n) is 5.87. The molecular weight excluding hydrogens is 383 g/mol. The number of allylic oxidation sites excluding steroid dienone is 1. The van der Waals surface area contributed by atoms with Crippen LogP contribution in [0, 0.1) is 0 Å². The van der Waals surface area contributed by atoms with E-state index in [1.54, 1.807) is 23.7 Å². The first kappa shape index (κ1) is 19.8. The Bertz CT molecular complexity index is 830. The Hall–Kier alpha value is -1.96. The summed E-state index contributed by atoms with van der Waals surface area (Å²) in [6, 6.07) is 14.3. The van der Waals surface area contributed by atoms with E-state index < -0.39 is 5.83 Å². The van der Waals surface area contributed by atoms with Crippen molar-refractivity contribution >= 4 is 41.4 Å². The number of ether oxygens (including phenoxy) is 1. The van der Waals surface area contributed by atoms with E-state index in [0.29, 0.717) is 5.75 Å². The smallest absolute Gasteiger partial charge is 0.197 e. The van der Waals surface area contributed by atoms with Crippen molar-refractivity contribution in [2.45, 2.75) is 16.7 Å². The van der Waals surface area contributed by atoms with Gasteiger partial charge in [-0.05, 0) is 49.0 Å². The molecule has 2 aromatic rings. The maximum Gasteiger partial charge on any atom is 0.197 e. The first-order valence-electron chi connectivity index (χ1n) is 8.62. The fraction of sp³-hybridized carbons (Fsp3) is 0.250. The van der Waals surface area contributed by atoms with Crippen molar-refractivity contribution in [2.24, 2.45) is 0 Å². The zero-order chi connectivity index (χ0) is 19.2. The number of halogens is 1. The van der Waals surface area contributed by atoms with Gasteiger partial charge in [-0.2, -0.15) is 4.39 Å². The van der Waals surface area contributed by atoms with Crippen molar-refractivity contribution in [3.63, 3.8) is 0 Å². The minimum absolute atomic E-state index is 0.135. The summed E-state index contributed by atoms with van der Waals surface area (Å²) in [5.74, 6) is 0.467. The van der Waals surface area contributed by atoms with Gasteiger partial charge in [0.25, 0.3) is 0 Å². The number of aldehydes is 1. The Kier molecular flexibility index (Phi) is 6.82. The van der Waals surface area contributed by atoms with Gasteiger partial charge in [-0.3, -0.25) is 4.79 Å². The van der Waals surface area contributed by atoms with E-state index in [-0.39, 0.29) is 6.29 Å². The summed E-state index contributed by atoms with van der Waals surface area (Å²) in [5, 5.41) is 0. The number of anilines is 2. The number of hydrogen-bond acceptors (Lipinski definition) is 6. The van der Waals surface area contributed by atoms with E-state index >= 15 is 0 Å².